The molecule has 0 spiro atoms. The number of benzene rings is 1. The second kappa shape index (κ2) is 8.37. The average Bonchev–Trinajstić information content (AvgIpc) is 2.34. The predicted octanol–water partition coefficient (Wildman–Crippen LogP) is 2.10. The van der Waals surface area contributed by atoms with Crippen LogP contribution in [0.15, 0.2) is 24.3 Å². The van der Waals surface area contributed by atoms with Gasteiger partial charge in [-0.3, -0.25) is 0 Å². The van der Waals surface area contributed by atoms with Crippen molar-refractivity contribution in [2.45, 2.75) is 0 Å². The van der Waals surface area contributed by atoms with Crippen LogP contribution in [0.3, 0.4) is 0 Å². The Labute approximate surface area is 107 Å². The van der Waals surface area contributed by atoms with Gasteiger partial charge in [0.25, 0.3) is 0 Å². The van der Waals surface area contributed by atoms with Gasteiger partial charge >= 0.3 is 19.8 Å². The molecule has 96 valence electrons. The van der Waals surface area contributed by atoms with Gasteiger partial charge in [0.1, 0.15) is 12.4 Å². The van der Waals surface area contributed by atoms with Crippen molar-refractivity contribution < 1.29 is 20.3 Å². The van der Waals surface area contributed by atoms with E-state index in [-0.39, 0.29) is 0 Å². The first-order valence-corrected chi connectivity index (χ1v) is 7.93. The van der Waals surface area contributed by atoms with Crippen molar-refractivity contribution in [2.75, 3.05) is 33.5 Å². The number of methoxy groups -OCH3 is 1. The highest BCUT2D eigenvalue weighted by atomic mass is 127. The molecule has 0 radical (unpaired) electrons. The summed E-state index contributed by atoms with van der Waals surface area (Å²) in [5.74, 6) is 0.641. The molecular formula is C11H15IO5. The van der Waals surface area contributed by atoms with E-state index in [0.29, 0.717) is 35.7 Å². The molecule has 0 aliphatic carbocycles. The lowest BCUT2D eigenvalue weighted by molar-refractivity contribution is 0.0544. The lowest BCUT2D eigenvalue weighted by Crippen LogP contribution is -2.09. The van der Waals surface area contributed by atoms with Gasteiger partial charge < -0.3 is 14.2 Å². The Bertz CT molecular complexity index is 377. The standard InChI is InChI=1S/C11H15IO5/c1-15-6-7-16-8-9-17-11-4-2-10(3-5-11)12(13)14/h2-5H,6-9H2,1H3. The fourth-order valence-corrected chi connectivity index (χ4v) is 2.04. The Kier molecular flexibility index (Phi) is 7.06. The Balaban J connectivity index is 2.23. The Morgan fingerprint density at radius 2 is 1.65 bits per heavy atom. The molecule has 0 aromatic heterocycles. The molecule has 0 heterocycles. The van der Waals surface area contributed by atoms with E-state index < -0.39 is 19.8 Å². The van der Waals surface area contributed by atoms with Crippen molar-refractivity contribution in [1.82, 2.24) is 0 Å². The van der Waals surface area contributed by atoms with E-state index in [1.807, 2.05) is 0 Å². The Morgan fingerprint density at radius 1 is 1.00 bits per heavy atom. The third-order valence-corrected chi connectivity index (χ3v) is 3.66. The van der Waals surface area contributed by atoms with Gasteiger partial charge in [-0.05, 0) is 24.3 Å². The van der Waals surface area contributed by atoms with Crippen LogP contribution < -0.4 is 4.74 Å². The van der Waals surface area contributed by atoms with Crippen LogP contribution >= 0.6 is 19.8 Å². The minimum atomic E-state index is -3.35. The van der Waals surface area contributed by atoms with Crippen molar-refractivity contribution in [1.29, 1.82) is 0 Å². The van der Waals surface area contributed by atoms with Crippen LogP contribution in [0.2, 0.25) is 0 Å². The van der Waals surface area contributed by atoms with E-state index in [9.17, 15) is 6.14 Å². The third kappa shape index (κ3) is 5.94. The molecule has 0 unspecified atom stereocenters. The van der Waals surface area contributed by atoms with E-state index in [2.05, 4.69) is 0 Å². The zero-order valence-corrected chi connectivity index (χ0v) is 11.7. The first kappa shape index (κ1) is 14.3. The van der Waals surface area contributed by atoms with Gasteiger partial charge in [0, 0.05) is 7.11 Å². The molecule has 1 rings (SSSR count). The van der Waals surface area contributed by atoms with E-state index in [0.717, 1.165) is 0 Å². The highest BCUT2D eigenvalue weighted by Gasteiger charge is 1.99. The van der Waals surface area contributed by atoms with E-state index in [1.54, 1.807) is 31.4 Å². The van der Waals surface area contributed by atoms with Gasteiger partial charge in [0.2, 0.25) is 0 Å². The molecular weight excluding hydrogens is 339 g/mol. The highest BCUT2D eigenvalue weighted by molar-refractivity contribution is 14.2. The normalized spacial score (nSPS) is 10.7. The van der Waals surface area contributed by atoms with Gasteiger partial charge in [-0.15, -0.1) is 0 Å². The largest absolute Gasteiger partial charge is 0.491 e. The molecule has 0 saturated heterocycles. The number of hydrogen-bond acceptors (Lipinski definition) is 5. The summed E-state index contributed by atoms with van der Waals surface area (Å²) in [7, 11) is 1.62. The molecule has 17 heavy (non-hydrogen) atoms. The summed E-state index contributed by atoms with van der Waals surface area (Å²) in [6.07, 6.45) is 0. The molecule has 0 aliphatic heterocycles. The zero-order chi connectivity index (χ0) is 12.5. The van der Waals surface area contributed by atoms with Gasteiger partial charge in [0.05, 0.1) is 23.4 Å². The molecule has 0 fully saturated rings. The fraction of sp³-hybridized carbons (Fsp3) is 0.455. The molecule has 5 nitrogen and oxygen atoms in total. The smallest absolute Gasteiger partial charge is 0.340 e. The van der Waals surface area contributed by atoms with Crippen molar-refractivity contribution in [3.63, 3.8) is 0 Å². The summed E-state index contributed by atoms with van der Waals surface area (Å²) >= 11 is -3.35. The zero-order valence-electron chi connectivity index (χ0n) is 9.56. The van der Waals surface area contributed by atoms with Crippen molar-refractivity contribution >= 4 is 19.8 Å². The van der Waals surface area contributed by atoms with Crippen molar-refractivity contribution in [2.24, 2.45) is 0 Å². The lowest BCUT2D eigenvalue weighted by Gasteiger charge is -2.06. The molecule has 0 N–H and O–H groups in total. The lowest BCUT2D eigenvalue weighted by atomic mass is 10.3. The molecule has 1 aromatic carbocycles. The van der Waals surface area contributed by atoms with Crippen LogP contribution in [0.1, 0.15) is 0 Å². The summed E-state index contributed by atoms with van der Waals surface area (Å²) < 4.78 is 37.2. The maximum Gasteiger partial charge on any atom is 0.340 e. The van der Waals surface area contributed by atoms with E-state index in [1.165, 1.54) is 0 Å². The maximum atomic E-state index is 10.7. The van der Waals surface area contributed by atoms with Crippen molar-refractivity contribution in [3.05, 3.63) is 27.8 Å². The van der Waals surface area contributed by atoms with E-state index in [4.69, 9.17) is 14.2 Å². The number of halogens is 1. The summed E-state index contributed by atoms with van der Waals surface area (Å²) in [4.78, 5) is 0. The van der Waals surface area contributed by atoms with Crippen molar-refractivity contribution in [3.8, 4) is 5.75 Å². The minimum Gasteiger partial charge on any atom is -0.491 e. The Hall–Kier alpha value is -0.730. The summed E-state index contributed by atoms with van der Waals surface area (Å²) in [5, 5.41) is 0. The number of rotatable bonds is 8. The molecule has 1 aromatic rings. The molecule has 0 saturated carbocycles. The molecule has 0 bridgehead atoms. The van der Waals surface area contributed by atoms with Crippen LogP contribution in [-0.2, 0) is 15.6 Å². The van der Waals surface area contributed by atoms with Crippen LogP contribution in [0, 0.1) is 3.57 Å². The topological polar surface area (TPSA) is 61.8 Å². The van der Waals surface area contributed by atoms with E-state index >= 15 is 0 Å². The highest BCUT2D eigenvalue weighted by Crippen LogP contribution is 2.20. The maximum absolute atomic E-state index is 10.7. The predicted molar refractivity (Wildman–Crippen MR) is 68.7 cm³/mol. The average molecular weight is 354 g/mol. The van der Waals surface area contributed by atoms with Crippen LogP contribution in [-0.4, -0.2) is 33.5 Å². The molecule has 0 atom stereocenters. The molecule has 0 aliphatic rings. The quantitative estimate of drug-likeness (QED) is 0.529. The second-order valence-electron chi connectivity index (χ2n) is 3.12. The van der Waals surface area contributed by atoms with Crippen LogP contribution in [0.5, 0.6) is 5.75 Å². The number of ether oxygens (including phenoxy) is 3. The van der Waals surface area contributed by atoms with Gasteiger partial charge in [0.15, 0.2) is 0 Å². The third-order valence-electron chi connectivity index (χ3n) is 1.92. The second-order valence-corrected chi connectivity index (χ2v) is 5.61. The van der Waals surface area contributed by atoms with Crippen LogP contribution in [0.4, 0.5) is 0 Å². The summed E-state index contributed by atoms with van der Waals surface area (Å²) in [5.41, 5.74) is 0. The summed E-state index contributed by atoms with van der Waals surface area (Å²) in [6, 6.07) is 6.38. The van der Waals surface area contributed by atoms with Crippen LogP contribution in [0.25, 0.3) is 0 Å². The van der Waals surface area contributed by atoms with Gasteiger partial charge in [-0.2, -0.15) is 0 Å². The van der Waals surface area contributed by atoms with Gasteiger partial charge in [-0.1, -0.05) is 0 Å². The monoisotopic (exact) mass is 354 g/mol. The minimum absolute atomic E-state index is 0.373. The fourth-order valence-electron chi connectivity index (χ4n) is 1.10. The SMILES string of the molecule is COCCOCCOc1ccc(I(=O)=O)cc1. The summed E-state index contributed by atoms with van der Waals surface area (Å²) in [6.45, 7) is 2.01. The Morgan fingerprint density at radius 3 is 2.24 bits per heavy atom. The first-order chi connectivity index (χ1) is 8.24. The first-order valence-electron chi connectivity index (χ1n) is 5.09. The molecule has 6 heteroatoms. The molecule has 0 amide bonds. The number of hydrogen-bond donors (Lipinski definition) is 0. The van der Waals surface area contributed by atoms with Gasteiger partial charge in [-0.25, -0.2) is 6.14 Å².